The molecule has 1 aliphatic heterocycles. The largest absolute Gasteiger partial charge is 0.390 e. The fourth-order valence-corrected chi connectivity index (χ4v) is 2.60. The van der Waals surface area contributed by atoms with Gasteiger partial charge in [-0.25, -0.2) is 0 Å². The van der Waals surface area contributed by atoms with Gasteiger partial charge in [-0.3, -0.25) is 9.69 Å². The third-order valence-electron chi connectivity index (χ3n) is 3.87. The molecule has 0 saturated carbocycles. The van der Waals surface area contributed by atoms with Crippen molar-refractivity contribution in [2.45, 2.75) is 19.1 Å². The minimum Gasteiger partial charge on any atom is -0.390 e. The van der Waals surface area contributed by atoms with Crippen molar-refractivity contribution in [2.24, 2.45) is 0 Å². The number of carbonyl (C=O) groups is 1. The van der Waals surface area contributed by atoms with E-state index in [-0.39, 0.29) is 11.9 Å². The van der Waals surface area contributed by atoms with Crippen LogP contribution in [-0.4, -0.2) is 77.9 Å². The van der Waals surface area contributed by atoms with Gasteiger partial charge in [0.05, 0.1) is 19.3 Å². The molecule has 1 aromatic heterocycles. The van der Waals surface area contributed by atoms with Gasteiger partial charge in [0.15, 0.2) is 0 Å². The summed E-state index contributed by atoms with van der Waals surface area (Å²) in [5.74, 6) is 0.00669. The lowest BCUT2D eigenvalue weighted by atomic mass is 10.2. The van der Waals surface area contributed by atoms with Crippen molar-refractivity contribution in [2.75, 3.05) is 46.4 Å². The molecule has 21 heavy (non-hydrogen) atoms. The summed E-state index contributed by atoms with van der Waals surface area (Å²) in [6.45, 7) is 5.91. The first kappa shape index (κ1) is 16.0. The van der Waals surface area contributed by atoms with E-state index < -0.39 is 6.10 Å². The Labute approximate surface area is 125 Å². The zero-order valence-corrected chi connectivity index (χ0v) is 12.8. The number of carbonyl (C=O) groups excluding carboxylic acids is 1. The van der Waals surface area contributed by atoms with Crippen molar-refractivity contribution in [3.8, 4) is 0 Å². The standard InChI is InChI=1S/C15H25N3O3/c1-13(18-5-3-4-6-18)15(20)16(2)11-14(19)12-17-7-9-21-10-8-17/h3-6,13-14,19H,7-12H2,1-2H3. The van der Waals surface area contributed by atoms with Gasteiger partial charge in [0.1, 0.15) is 6.04 Å². The number of amides is 1. The van der Waals surface area contributed by atoms with Crippen LogP contribution in [0.25, 0.3) is 0 Å². The summed E-state index contributed by atoms with van der Waals surface area (Å²) < 4.78 is 7.15. The number of nitrogens with zero attached hydrogens (tertiary/aromatic N) is 3. The molecule has 2 atom stereocenters. The highest BCUT2D eigenvalue weighted by molar-refractivity contribution is 5.79. The zero-order valence-electron chi connectivity index (χ0n) is 12.8. The normalized spacial score (nSPS) is 19.2. The Bertz CT molecular complexity index is 429. The molecule has 2 rings (SSSR count). The van der Waals surface area contributed by atoms with Gasteiger partial charge in [0.2, 0.25) is 5.91 Å². The molecule has 1 aromatic rings. The van der Waals surface area contributed by atoms with E-state index in [2.05, 4.69) is 4.90 Å². The number of β-amino-alcohol motifs (C(OH)–C–C–N with tert-alkyl or cyclic N) is 1. The van der Waals surface area contributed by atoms with Crippen LogP contribution in [0.15, 0.2) is 24.5 Å². The molecule has 1 fully saturated rings. The second-order valence-corrected chi connectivity index (χ2v) is 5.59. The van der Waals surface area contributed by atoms with Crippen molar-refractivity contribution < 1.29 is 14.6 Å². The van der Waals surface area contributed by atoms with Gasteiger partial charge in [0.25, 0.3) is 0 Å². The quantitative estimate of drug-likeness (QED) is 0.814. The van der Waals surface area contributed by atoms with Crippen molar-refractivity contribution in [3.63, 3.8) is 0 Å². The van der Waals surface area contributed by atoms with E-state index in [0.29, 0.717) is 26.3 Å². The first-order valence-corrected chi connectivity index (χ1v) is 7.43. The summed E-state index contributed by atoms with van der Waals surface area (Å²) in [5, 5.41) is 10.1. The number of aliphatic hydroxyl groups excluding tert-OH is 1. The summed E-state index contributed by atoms with van der Waals surface area (Å²) in [6.07, 6.45) is 3.22. The summed E-state index contributed by atoms with van der Waals surface area (Å²) in [6, 6.07) is 3.55. The number of aromatic nitrogens is 1. The highest BCUT2D eigenvalue weighted by Crippen LogP contribution is 2.10. The third kappa shape index (κ3) is 4.56. The fourth-order valence-electron chi connectivity index (χ4n) is 2.60. The van der Waals surface area contributed by atoms with Crippen LogP contribution in [0.1, 0.15) is 13.0 Å². The number of morpholine rings is 1. The molecule has 6 nitrogen and oxygen atoms in total. The number of aliphatic hydroxyl groups is 1. The SMILES string of the molecule is CC(C(=O)N(C)CC(O)CN1CCOCC1)n1cccc1. The molecule has 1 N–H and O–H groups in total. The van der Waals surface area contributed by atoms with Crippen molar-refractivity contribution in [1.82, 2.24) is 14.4 Å². The maximum Gasteiger partial charge on any atom is 0.245 e. The molecule has 0 radical (unpaired) electrons. The van der Waals surface area contributed by atoms with Gasteiger partial charge in [-0.15, -0.1) is 0 Å². The first-order valence-electron chi connectivity index (χ1n) is 7.43. The second kappa shape index (κ2) is 7.59. The number of hydrogen-bond donors (Lipinski definition) is 1. The zero-order chi connectivity index (χ0) is 15.2. The van der Waals surface area contributed by atoms with E-state index in [0.717, 1.165) is 13.1 Å². The van der Waals surface area contributed by atoms with Crippen LogP contribution in [0.4, 0.5) is 0 Å². The number of ether oxygens (including phenoxy) is 1. The first-order chi connectivity index (χ1) is 10.1. The number of hydrogen-bond acceptors (Lipinski definition) is 4. The van der Waals surface area contributed by atoms with Crippen LogP contribution in [0.2, 0.25) is 0 Å². The Balaban J connectivity index is 1.79. The molecule has 0 aromatic carbocycles. The molecule has 2 unspecified atom stereocenters. The van der Waals surface area contributed by atoms with Gasteiger partial charge >= 0.3 is 0 Å². The number of rotatable bonds is 6. The van der Waals surface area contributed by atoms with E-state index in [1.54, 1.807) is 11.9 Å². The van der Waals surface area contributed by atoms with Crippen LogP contribution in [0.5, 0.6) is 0 Å². The van der Waals surface area contributed by atoms with E-state index in [9.17, 15) is 9.90 Å². The Morgan fingerprint density at radius 1 is 1.33 bits per heavy atom. The van der Waals surface area contributed by atoms with Crippen LogP contribution in [0.3, 0.4) is 0 Å². The maximum absolute atomic E-state index is 12.3. The lowest BCUT2D eigenvalue weighted by Gasteiger charge is -2.30. The minimum atomic E-state index is -0.533. The van der Waals surface area contributed by atoms with Gasteiger partial charge in [-0.1, -0.05) is 0 Å². The maximum atomic E-state index is 12.3. The Kier molecular flexibility index (Phi) is 5.78. The molecule has 2 heterocycles. The second-order valence-electron chi connectivity index (χ2n) is 5.59. The Morgan fingerprint density at radius 2 is 1.95 bits per heavy atom. The third-order valence-corrected chi connectivity index (χ3v) is 3.87. The predicted molar refractivity (Wildman–Crippen MR) is 80.0 cm³/mol. The van der Waals surface area contributed by atoms with Gasteiger partial charge in [-0.2, -0.15) is 0 Å². The Morgan fingerprint density at radius 3 is 2.57 bits per heavy atom. The molecular formula is C15H25N3O3. The van der Waals surface area contributed by atoms with Crippen molar-refractivity contribution in [1.29, 1.82) is 0 Å². The van der Waals surface area contributed by atoms with Crippen molar-refractivity contribution >= 4 is 5.91 Å². The molecule has 1 saturated heterocycles. The highest BCUT2D eigenvalue weighted by Gasteiger charge is 2.22. The molecule has 1 aliphatic rings. The monoisotopic (exact) mass is 295 g/mol. The fraction of sp³-hybridized carbons (Fsp3) is 0.667. The number of likely N-dealkylation sites (N-methyl/N-ethyl adjacent to an activating group) is 1. The van der Waals surface area contributed by atoms with Crippen molar-refractivity contribution in [3.05, 3.63) is 24.5 Å². The average molecular weight is 295 g/mol. The molecule has 0 aliphatic carbocycles. The smallest absolute Gasteiger partial charge is 0.245 e. The highest BCUT2D eigenvalue weighted by atomic mass is 16.5. The molecule has 118 valence electrons. The lowest BCUT2D eigenvalue weighted by Crippen LogP contribution is -2.45. The molecule has 6 heteroatoms. The van der Waals surface area contributed by atoms with Crippen LogP contribution >= 0.6 is 0 Å². The average Bonchev–Trinajstić information content (AvgIpc) is 3.00. The summed E-state index contributed by atoms with van der Waals surface area (Å²) in [4.78, 5) is 16.1. The van der Waals surface area contributed by atoms with E-state index in [1.165, 1.54) is 0 Å². The predicted octanol–water partition coefficient (Wildman–Crippen LogP) is 0.201. The van der Waals surface area contributed by atoms with Crippen LogP contribution in [-0.2, 0) is 9.53 Å². The summed E-state index contributed by atoms with van der Waals surface area (Å²) >= 11 is 0. The summed E-state index contributed by atoms with van der Waals surface area (Å²) in [5.41, 5.74) is 0. The lowest BCUT2D eigenvalue weighted by molar-refractivity contribution is -0.134. The van der Waals surface area contributed by atoms with E-state index in [1.807, 2.05) is 36.0 Å². The van der Waals surface area contributed by atoms with E-state index >= 15 is 0 Å². The van der Waals surface area contributed by atoms with Crippen LogP contribution < -0.4 is 0 Å². The van der Waals surface area contributed by atoms with E-state index in [4.69, 9.17) is 4.74 Å². The van der Waals surface area contributed by atoms with Gasteiger partial charge < -0.3 is 19.3 Å². The molecule has 0 bridgehead atoms. The van der Waals surface area contributed by atoms with Gasteiger partial charge in [0, 0.05) is 45.6 Å². The van der Waals surface area contributed by atoms with Crippen LogP contribution in [0, 0.1) is 0 Å². The topological polar surface area (TPSA) is 57.9 Å². The minimum absolute atomic E-state index is 0.00669. The summed E-state index contributed by atoms with van der Waals surface area (Å²) in [7, 11) is 1.74. The molecule has 0 spiro atoms. The molecule has 1 amide bonds. The molecular weight excluding hydrogens is 270 g/mol. The Hall–Kier alpha value is -1.37. The van der Waals surface area contributed by atoms with Gasteiger partial charge in [-0.05, 0) is 19.1 Å².